The van der Waals surface area contributed by atoms with Crippen molar-refractivity contribution in [2.75, 3.05) is 26.7 Å². The molecule has 0 aliphatic heterocycles. The third kappa shape index (κ3) is 4.60. The molecule has 0 spiro atoms. The third-order valence-electron chi connectivity index (χ3n) is 3.01. The Labute approximate surface area is 116 Å². The summed E-state index contributed by atoms with van der Waals surface area (Å²) in [4.78, 5) is 0.371. The Morgan fingerprint density at radius 3 is 2.32 bits per heavy atom. The van der Waals surface area contributed by atoms with Crippen LogP contribution < -0.4 is 5.32 Å². The second-order valence-corrected chi connectivity index (χ2v) is 6.62. The number of hydrogen-bond donors (Lipinski definition) is 1. The molecule has 0 aliphatic carbocycles. The van der Waals surface area contributed by atoms with Crippen LogP contribution in [0.5, 0.6) is 0 Å². The molecule has 1 aromatic carbocycles. The van der Waals surface area contributed by atoms with E-state index in [0.717, 1.165) is 31.5 Å². The Bertz CT molecular complexity index is 469. The summed E-state index contributed by atoms with van der Waals surface area (Å²) in [6.45, 7) is 6.45. The molecule has 0 aliphatic rings. The van der Waals surface area contributed by atoms with Crippen LogP contribution in [0.1, 0.15) is 25.8 Å². The molecule has 0 amide bonds. The van der Waals surface area contributed by atoms with E-state index >= 15 is 0 Å². The monoisotopic (exact) mass is 284 g/mol. The summed E-state index contributed by atoms with van der Waals surface area (Å²) in [5, 5.41) is 3.25. The summed E-state index contributed by atoms with van der Waals surface area (Å²) in [5.41, 5.74) is 1.15. The van der Waals surface area contributed by atoms with Crippen molar-refractivity contribution in [2.45, 2.75) is 31.6 Å². The zero-order chi connectivity index (χ0) is 14.3. The molecule has 0 unspecified atom stereocenters. The van der Waals surface area contributed by atoms with Crippen LogP contribution in [0.25, 0.3) is 0 Å². The summed E-state index contributed by atoms with van der Waals surface area (Å²) >= 11 is 0. The third-order valence-corrected chi connectivity index (χ3v) is 4.88. The molecule has 0 saturated heterocycles. The van der Waals surface area contributed by atoms with Crippen molar-refractivity contribution in [2.24, 2.45) is 0 Å². The van der Waals surface area contributed by atoms with E-state index in [9.17, 15) is 8.42 Å². The summed E-state index contributed by atoms with van der Waals surface area (Å²) in [6.07, 6.45) is 1.73. The van der Waals surface area contributed by atoms with E-state index < -0.39 is 10.0 Å². The number of rotatable bonds is 8. The fourth-order valence-electron chi connectivity index (χ4n) is 1.85. The zero-order valence-electron chi connectivity index (χ0n) is 12.0. The van der Waals surface area contributed by atoms with Gasteiger partial charge in [-0.15, -0.1) is 0 Å². The van der Waals surface area contributed by atoms with Crippen LogP contribution in [0.2, 0.25) is 0 Å². The molecule has 108 valence electrons. The van der Waals surface area contributed by atoms with E-state index in [2.05, 4.69) is 12.2 Å². The summed E-state index contributed by atoms with van der Waals surface area (Å²) in [7, 11) is -1.70. The predicted octanol–water partition coefficient (Wildman–Crippen LogP) is 1.87. The highest BCUT2D eigenvalue weighted by atomic mass is 32.2. The van der Waals surface area contributed by atoms with Crippen molar-refractivity contribution < 1.29 is 8.42 Å². The molecule has 0 saturated carbocycles. The Kier molecular flexibility index (Phi) is 6.48. The van der Waals surface area contributed by atoms with E-state index in [4.69, 9.17) is 0 Å². The van der Waals surface area contributed by atoms with Crippen LogP contribution >= 0.6 is 0 Å². The summed E-state index contributed by atoms with van der Waals surface area (Å²) < 4.78 is 25.8. The van der Waals surface area contributed by atoms with E-state index in [1.54, 1.807) is 19.2 Å². The molecule has 1 N–H and O–H groups in total. The van der Waals surface area contributed by atoms with E-state index in [1.165, 1.54) is 4.31 Å². The number of nitrogens with one attached hydrogen (secondary N) is 1. The van der Waals surface area contributed by atoms with Crippen molar-refractivity contribution in [3.8, 4) is 0 Å². The average Bonchev–Trinajstić information content (AvgIpc) is 2.40. The highest BCUT2D eigenvalue weighted by Gasteiger charge is 2.19. The Morgan fingerprint density at radius 1 is 1.16 bits per heavy atom. The molecule has 1 rings (SSSR count). The minimum Gasteiger partial charge on any atom is -0.317 e. The highest BCUT2D eigenvalue weighted by Crippen LogP contribution is 2.15. The molecule has 0 fully saturated rings. The van der Waals surface area contributed by atoms with E-state index in [1.807, 2.05) is 19.1 Å². The lowest BCUT2D eigenvalue weighted by atomic mass is 10.1. The molecule has 0 bridgehead atoms. The van der Waals surface area contributed by atoms with Gasteiger partial charge in [-0.3, -0.25) is 0 Å². The Balaban J connectivity index is 2.75. The fourth-order valence-corrected chi connectivity index (χ4v) is 3.12. The van der Waals surface area contributed by atoms with Gasteiger partial charge < -0.3 is 5.32 Å². The molecule has 0 atom stereocenters. The largest absolute Gasteiger partial charge is 0.317 e. The number of sulfonamides is 1. The molecule has 5 heteroatoms. The lowest BCUT2D eigenvalue weighted by molar-refractivity contribution is 0.468. The Hall–Kier alpha value is -0.910. The second kappa shape index (κ2) is 7.62. The molecule has 19 heavy (non-hydrogen) atoms. The molecule has 0 heterocycles. The van der Waals surface area contributed by atoms with Crippen LogP contribution in [0.4, 0.5) is 0 Å². The maximum absolute atomic E-state index is 12.2. The Morgan fingerprint density at radius 2 is 1.79 bits per heavy atom. The molecule has 0 radical (unpaired) electrons. The maximum atomic E-state index is 12.2. The van der Waals surface area contributed by atoms with Crippen LogP contribution in [-0.2, 0) is 16.4 Å². The number of benzene rings is 1. The first kappa shape index (κ1) is 16.1. The quantitative estimate of drug-likeness (QED) is 0.741. The number of hydrogen-bond acceptors (Lipinski definition) is 3. The second-order valence-electron chi connectivity index (χ2n) is 4.57. The topological polar surface area (TPSA) is 49.4 Å². The SMILES string of the molecule is CCCN(C)S(=O)(=O)c1ccc(CCNCC)cc1. The lowest BCUT2D eigenvalue weighted by Crippen LogP contribution is -2.27. The predicted molar refractivity (Wildman–Crippen MR) is 78.8 cm³/mol. The standard InChI is InChI=1S/C14H24N2O2S/c1-4-12-16(3)19(17,18)14-8-6-13(7-9-14)10-11-15-5-2/h6-9,15H,4-5,10-12H2,1-3H3. The fraction of sp³-hybridized carbons (Fsp3) is 0.571. The molecular weight excluding hydrogens is 260 g/mol. The van der Waals surface area contributed by atoms with Crippen molar-refractivity contribution in [1.29, 1.82) is 0 Å². The first-order valence-corrected chi connectivity index (χ1v) is 8.22. The molecule has 1 aromatic rings. The van der Waals surface area contributed by atoms with Gasteiger partial charge in [-0.25, -0.2) is 12.7 Å². The minimum atomic E-state index is -3.33. The van der Waals surface area contributed by atoms with Crippen LogP contribution in [0.3, 0.4) is 0 Å². The van der Waals surface area contributed by atoms with Crippen LogP contribution in [-0.4, -0.2) is 39.4 Å². The first-order valence-electron chi connectivity index (χ1n) is 6.78. The van der Waals surface area contributed by atoms with E-state index in [-0.39, 0.29) is 0 Å². The van der Waals surface area contributed by atoms with Gasteiger partial charge in [0.2, 0.25) is 10.0 Å². The van der Waals surface area contributed by atoms with Gasteiger partial charge in [-0.2, -0.15) is 0 Å². The average molecular weight is 284 g/mol. The number of nitrogens with zero attached hydrogens (tertiary/aromatic N) is 1. The molecular formula is C14H24N2O2S. The minimum absolute atomic E-state index is 0.371. The zero-order valence-corrected chi connectivity index (χ0v) is 12.8. The van der Waals surface area contributed by atoms with Gasteiger partial charge in [0.15, 0.2) is 0 Å². The van der Waals surface area contributed by atoms with Gasteiger partial charge in [0, 0.05) is 13.6 Å². The van der Waals surface area contributed by atoms with Crippen LogP contribution in [0, 0.1) is 0 Å². The highest BCUT2D eigenvalue weighted by molar-refractivity contribution is 7.89. The normalized spacial score (nSPS) is 12.0. The summed E-state index contributed by atoms with van der Waals surface area (Å²) in [6, 6.07) is 7.18. The molecule has 0 aromatic heterocycles. The van der Waals surface area contributed by atoms with Crippen molar-refractivity contribution >= 4 is 10.0 Å². The van der Waals surface area contributed by atoms with Gasteiger partial charge in [-0.1, -0.05) is 26.0 Å². The smallest absolute Gasteiger partial charge is 0.242 e. The number of likely N-dealkylation sites (N-methyl/N-ethyl adjacent to an activating group) is 1. The van der Waals surface area contributed by atoms with Crippen LogP contribution in [0.15, 0.2) is 29.2 Å². The van der Waals surface area contributed by atoms with Gasteiger partial charge in [0.05, 0.1) is 4.90 Å². The van der Waals surface area contributed by atoms with Crippen molar-refractivity contribution in [3.63, 3.8) is 0 Å². The van der Waals surface area contributed by atoms with E-state index in [0.29, 0.717) is 11.4 Å². The van der Waals surface area contributed by atoms with Crippen molar-refractivity contribution in [3.05, 3.63) is 29.8 Å². The first-order chi connectivity index (χ1) is 9.02. The molecule has 4 nitrogen and oxygen atoms in total. The lowest BCUT2D eigenvalue weighted by Gasteiger charge is -2.16. The van der Waals surface area contributed by atoms with Gasteiger partial charge in [0.25, 0.3) is 0 Å². The van der Waals surface area contributed by atoms with Gasteiger partial charge >= 0.3 is 0 Å². The van der Waals surface area contributed by atoms with Gasteiger partial charge in [-0.05, 0) is 43.6 Å². The maximum Gasteiger partial charge on any atom is 0.242 e. The van der Waals surface area contributed by atoms with Crippen molar-refractivity contribution in [1.82, 2.24) is 9.62 Å². The van der Waals surface area contributed by atoms with Gasteiger partial charge in [0.1, 0.15) is 0 Å². The summed E-state index contributed by atoms with van der Waals surface area (Å²) in [5.74, 6) is 0.